The van der Waals surface area contributed by atoms with Crippen LogP contribution in [0.15, 0.2) is 42.5 Å². The zero-order valence-electron chi connectivity index (χ0n) is 12.6. The van der Waals surface area contributed by atoms with E-state index < -0.39 is 40.8 Å². The number of rotatable bonds is 4. The Labute approximate surface area is 141 Å². The van der Waals surface area contributed by atoms with Gasteiger partial charge in [-0.15, -0.1) is 0 Å². The lowest BCUT2D eigenvalue weighted by Gasteiger charge is -2.09. The molecule has 2 amide bonds. The molecule has 2 aromatic rings. The number of aromatic hydroxyl groups is 1. The van der Waals surface area contributed by atoms with E-state index in [9.17, 15) is 24.3 Å². The molecule has 1 heterocycles. The van der Waals surface area contributed by atoms with E-state index in [-0.39, 0.29) is 5.69 Å². The number of hydrogen-bond donors (Lipinski definition) is 4. The van der Waals surface area contributed by atoms with Crippen molar-refractivity contribution in [2.45, 2.75) is 5.92 Å². The second-order valence-electron chi connectivity index (χ2n) is 5.36. The zero-order chi connectivity index (χ0) is 18.1. The number of fused-ring (bicyclic) bond motifs is 1. The molecule has 1 aliphatic rings. The molecule has 0 fully saturated rings. The van der Waals surface area contributed by atoms with Crippen molar-refractivity contribution in [1.82, 2.24) is 0 Å². The van der Waals surface area contributed by atoms with Crippen LogP contribution in [0.3, 0.4) is 0 Å². The SMILES string of the molecule is O=C(Nc1ccc(O)c(C(=O)O)c1)C(=O)[C@@H]1C(=O)Nc2ccccc21. The molecule has 0 radical (unpaired) electrons. The first-order chi connectivity index (χ1) is 11.9. The number of carboxylic acid groups (broad SMARTS) is 1. The van der Waals surface area contributed by atoms with Gasteiger partial charge < -0.3 is 20.8 Å². The van der Waals surface area contributed by atoms with Crippen molar-refractivity contribution in [1.29, 1.82) is 0 Å². The molecule has 0 saturated carbocycles. The minimum atomic E-state index is -1.39. The third kappa shape index (κ3) is 2.92. The number of para-hydroxylation sites is 1. The molecule has 8 nitrogen and oxygen atoms in total. The maximum atomic E-state index is 12.4. The van der Waals surface area contributed by atoms with Crippen molar-refractivity contribution in [2.24, 2.45) is 0 Å². The van der Waals surface area contributed by atoms with Crippen molar-refractivity contribution in [3.05, 3.63) is 53.6 Å². The fraction of sp³-hybridized carbons (Fsp3) is 0.0588. The van der Waals surface area contributed by atoms with Gasteiger partial charge in [-0.3, -0.25) is 14.4 Å². The van der Waals surface area contributed by atoms with Gasteiger partial charge in [-0.2, -0.15) is 0 Å². The van der Waals surface area contributed by atoms with E-state index in [1.165, 1.54) is 6.07 Å². The van der Waals surface area contributed by atoms with Crippen LogP contribution >= 0.6 is 0 Å². The Kier molecular flexibility index (Phi) is 3.94. The van der Waals surface area contributed by atoms with Crippen LogP contribution in [-0.4, -0.2) is 33.8 Å². The largest absolute Gasteiger partial charge is 0.507 e. The van der Waals surface area contributed by atoms with Gasteiger partial charge in [0.05, 0.1) is 0 Å². The normalized spacial score (nSPS) is 15.2. The van der Waals surface area contributed by atoms with Gasteiger partial charge in [0.2, 0.25) is 11.7 Å². The number of nitrogens with one attached hydrogen (secondary N) is 2. The molecule has 0 unspecified atom stereocenters. The summed E-state index contributed by atoms with van der Waals surface area (Å²) in [6, 6.07) is 9.89. The molecule has 1 atom stereocenters. The molecular weight excluding hydrogens is 328 g/mol. The number of carboxylic acids is 1. The van der Waals surface area contributed by atoms with E-state index in [0.29, 0.717) is 11.3 Å². The highest BCUT2D eigenvalue weighted by atomic mass is 16.4. The van der Waals surface area contributed by atoms with Gasteiger partial charge in [-0.05, 0) is 29.8 Å². The zero-order valence-corrected chi connectivity index (χ0v) is 12.6. The van der Waals surface area contributed by atoms with Crippen LogP contribution in [0.1, 0.15) is 21.8 Å². The maximum absolute atomic E-state index is 12.4. The van der Waals surface area contributed by atoms with Crippen LogP contribution in [0.25, 0.3) is 0 Å². The Hall–Kier alpha value is -3.68. The van der Waals surface area contributed by atoms with Crippen LogP contribution in [0, 0.1) is 0 Å². The highest BCUT2D eigenvalue weighted by Gasteiger charge is 2.39. The lowest BCUT2D eigenvalue weighted by Crippen LogP contribution is -2.32. The van der Waals surface area contributed by atoms with E-state index in [4.69, 9.17) is 5.11 Å². The fourth-order valence-electron chi connectivity index (χ4n) is 2.58. The number of amides is 2. The smallest absolute Gasteiger partial charge is 0.339 e. The highest BCUT2D eigenvalue weighted by molar-refractivity contribution is 6.47. The Balaban J connectivity index is 1.83. The van der Waals surface area contributed by atoms with E-state index >= 15 is 0 Å². The standard InChI is InChI=1S/C17H12N2O6/c20-12-6-5-8(7-10(12)17(24)25)18-16(23)14(21)13-9-3-1-2-4-11(9)19-15(13)22/h1-7,13,20H,(H,18,23)(H,19,22)(H,24,25)/t13-/m1/s1. The molecule has 2 aromatic carbocycles. The second-order valence-corrected chi connectivity index (χ2v) is 5.36. The predicted octanol–water partition coefficient (Wildman–Crippen LogP) is 1.33. The lowest BCUT2D eigenvalue weighted by molar-refractivity contribution is -0.138. The van der Waals surface area contributed by atoms with Gasteiger partial charge in [0, 0.05) is 11.4 Å². The number of anilines is 2. The molecule has 126 valence electrons. The number of benzene rings is 2. The van der Waals surface area contributed by atoms with Gasteiger partial charge in [0.25, 0.3) is 5.91 Å². The lowest BCUT2D eigenvalue weighted by atomic mass is 9.95. The summed E-state index contributed by atoms with van der Waals surface area (Å²) in [6.45, 7) is 0. The summed E-state index contributed by atoms with van der Waals surface area (Å²) in [5, 5.41) is 23.2. The molecule has 0 aromatic heterocycles. The molecule has 0 bridgehead atoms. The number of Topliss-reactive ketones (excluding diaryl/α,β-unsaturated/α-hetero) is 1. The number of carbonyl (C=O) groups is 4. The van der Waals surface area contributed by atoms with Crippen LogP contribution in [-0.2, 0) is 14.4 Å². The first-order valence-electron chi connectivity index (χ1n) is 7.20. The van der Waals surface area contributed by atoms with E-state index in [2.05, 4.69) is 10.6 Å². The predicted molar refractivity (Wildman–Crippen MR) is 86.5 cm³/mol. The first-order valence-corrected chi connectivity index (χ1v) is 7.20. The summed E-state index contributed by atoms with van der Waals surface area (Å²) in [4.78, 5) is 47.5. The Morgan fingerprint density at radius 2 is 1.80 bits per heavy atom. The van der Waals surface area contributed by atoms with E-state index in [1.807, 2.05) is 0 Å². The molecular formula is C17H12N2O6. The summed E-state index contributed by atoms with van der Waals surface area (Å²) < 4.78 is 0. The van der Waals surface area contributed by atoms with Gasteiger partial charge in [-0.1, -0.05) is 18.2 Å². The average Bonchev–Trinajstić information content (AvgIpc) is 2.91. The Morgan fingerprint density at radius 1 is 1.08 bits per heavy atom. The molecule has 3 rings (SSSR count). The topological polar surface area (TPSA) is 133 Å². The molecule has 8 heteroatoms. The van der Waals surface area contributed by atoms with Crippen LogP contribution in [0.4, 0.5) is 11.4 Å². The number of carbonyl (C=O) groups excluding carboxylic acids is 3. The van der Waals surface area contributed by atoms with Gasteiger partial charge in [0.1, 0.15) is 17.2 Å². The van der Waals surface area contributed by atoms with Crippen molar-refractivity contribution < 1.29 is 29.4 Å². The summed E-state index contributed by atoms with van der Waals surface area (Å²) in [7, 11) is 0. The highest BCUT2D eigenvalue weighted by Crippen LogP contribution is 2.33. The summed E-state index contributed by atoms with van der Waals surface area (Å²) in [5.74, 6) is -5.73. The summed E-state index contributed by atoms with van der Waals surface area (Å²) in [5.41, 5.74) is 0.468. The van der Waals surface area contributed by atoms with Crippen LogP contribution < -0.4 is 10.6 Å². The summed E-state index contributed by atoms with van der Waals surface area (Å²) in [6.07, 6.45) is 0. The third-order valence-electron chi connectivity index (χ3n) is 3.76. The number of hydrogen-bond acceptors (Lipinski definition) is 5. The Bertz CT molecular complexity index is 921. The first kappa shape index (κ1) is 16.2. The molecule has 0 aliphatic carbocycles. The average molecular weight is 340 g/mol. The number of ketones is 1. The van der Waals surface area contributed by atoms with E-state index in [1.54, 1.807) is 24.3 Å². The molecule has 1 aliphatic heterocycles. The third-order valence-corrected chi connectivity index (χ3v) is 3.76. The van der Waals surface area contributed by atoms with Crippen molar-refractivity contribution in [3.8, 4) is 5.75 Å². The summed E-state index contributed by atoms with van der Waals surface area (Å²) >= 11 is 0. The quantitative estimate of drug-likeness (QED) is 0.377. The molecule has 0 saturated heterocycles. The minimum absolute atomic E-state index is 0.0141. The molecule has 25 heavy (non-hydrogen) atoms. The van der Waals surface area contributed by atoms with Crippen LogP contribution in [0.2, 0.25) is 0 Å². The van der Waals surface area contributed by atoms with Crippen molar-refractivity contribution >= 4 is 34.9 Å². The molecule has 0 spiro atoms. The van der Waals surface area contributed by atoms with Crippen molar-refractivity contribution in [3.63, 3.8) is 0 Å². The van der Waals surface area contributed by atoms with Crippen molar-refractivity contribution in [2.75, 3.05) is 10.6 Å². The maximum Gasteiger partial charge on any atom is 0.339 e. The fourth-order valence-corrected chi connectivity index (χ4v) is 2.58. The minimum Gasteiger partial charge on any atom is -0.507 e. The number of phenols is 1. The van der Waals surface area contributed by atoms with Gasteiger partial charge >= 0.3 is 5.97 Å². The Morgan fingerprint density at radius 3 is 2.52 bits per heavy atom. The van der Waals surface area contributed by atoms with Gasteiger partial charge in [-0.25, -0.2) is 4.79 Å². The van der Waals surface area contributed by atoms with Gasteiger partial charge in [0.15, 0.2) is 0 Å². The second kappa shape index (κ2) is 6.08. The van der Waals surface area contributed by atoms with Crippen LogP contribution in [0.5, 0.6) is 5.75 Å². The van der Waals surface area contributed by atoms with E-state index in [0.717, 1.165) is 12.1 Å². The number of aromatic carboxylic acids is 1. The monoisotopic (exact) mass is 340 g/mol. The molecule has 4 N–H and O–H groups in total.